The van der Waals surface area contributed by atoms with E-state index in [0.29, 0.717) is 12.1 Å². The molecule has 1 atom stereocenters. The first kappa shape index (κ1) is 13.9. The Bertz CT molecular complexity index is 492. The molecule has 1 fully saturated rings. The first-order valence-electron chi connectivity index (χ1n) is 6.26. The van der Waals surface area contributed by atoms with E-state index in [1.54, 1.807) is 11.0 Å². The summed E-state index contributed by atoms with van der Waals surface area (Å²) in [5, 5.41) is 12.1. The van der Waals surface area contributed by atoms with Crippen molar-refractivity contribution in [1.29, 1.82) is 5.26 Å². The molecule has 0 bridgehead atoms. The number of nitriles is 1. The summed E-state index contributed by atoms with van der Waals surface area (Å²) in [6, 6.07) is 9.41. The van der Waals surface area contributed by atoms with Crippen LogP contribution in [0.5, 0.6) is 0 Å². The molecule has 19 heavy (non-hydrogen) atoms. The van der Waals surface area contributed by atoms with Gasteiger partial charge in [-0.2, -0.15) is 17.0 Å². The van der Waals surface area contributed by atoms with Gasteiger partial charge in [-0.05, 0) is 17.7 Å². The van der Waals surface area contributed by atoms with Gasteiger partial charge < -0.3 is 10.2 Å². The smallest absolute Gasteiger partial charge is 0.240 e. The highest BCUT2D eigenvalue weighted by Gasteiger charge is 2.23. The van der Waals surface area contributed by atoms with Gasteiger partial charge in [0.05, 0.1) is 17.7 Å². The molecule has 1 aliphatic rings. The summed E-state index contributed by atoms with van der Waals surface area (Å²) < 4.78 is 0. The fourth-order valence-corrected chi connectivity index (χ4v) is 3.01. The van der Waals surface area contributed by atoms with Crippen LogP contribution in [-0.2, 0) is 11.3 Å². The standard InChI is InChI=1S/C14H17N3OS/c1-17(14(18)13-10-19-6-5-16-13)9-12-4-2-3-11(7-12)8-15/h2-4,7,13,16H,5-6,9-10H2,1H3. The summed E-state index contributed by atoms with van der Waals surface area (Å²) in [7, 11) is 1.81. The van der Waals surface area contributed by atoms with Crippen molar-refractivity contribution in [3.63, 3.8) is 0 Å². The molecule has 1 aromatic carbocycles. The lowest BCUT2D eigenvalue weighted by Crippen LogP contribution is -2.49. The number of hydrogen-bond acceptors (Lipinski definition) is 4. The van der Waals surface area contributed by atoms with Crippen LogP contribution in [-0.4, -0.2) is 41.9 Å². The van der Waals surface area contributed by atoms with Crippen molar-refractivity contribution >= 4 is 17.7 Å². The molecule has 1 amide bonds. The van der Waals surface area contributed by atoms with E-state index in [-0.39, 0.29) is 11.9 Å². The highest BCUT2D eigenvalue weighted by Crippen LogP contribution is 2.12. The van der Waals surface area contributed by atoms with Gasteiger partial charge in [-0.15, -0.1) is 0 Å². The number of nitrogens with one attached hydrogen (secondary N) is 1. The van der Waals surface area contributed by atoms with Gasteiger partial charge in [-0.25, -0.2) is 0 Å². The quantitative estimate of drug-likeness (QED) is 0.901. The minimum Gasteiger partial charge on any atom is -0.340 e. The third-order valence-electron chi connectivity index (χ3n) is 3.07. The Morgan fingerprint density at radius 1 is 1.63 bits per heavy atom. The number of nitrogens with zero attached hydrogens (tertiary/aromatic N) is 2. The second-order valence-corrected chi connectivity index (χ2v) is 5.74. The van der Waals surface area contributed by atoms with Gasteiger partial charge in [-0.1, -0.05) is 12.1 Å². The van der Waals surface area contributed by atoms with Crippen LogP contribution in [0.1, 0.15) is 11.1 Å². The van der Waals surface area contributed by atoms with E-state index in [1.165, 1.54) is 0 Å². The zero-order valence-electron chi connectivity index (χ0n) is 10.9. The van der Waals surface area contributed by atoms with Gasteiger partial charge in [0.2, 0.25) is 5.91 Å². The van der Waals surface area contributed by atoms with E-state index in [4.69, 9.17) is 5.26 Å². The molecule has 0 aromatic heterocycles. The highest BCUT2D eigenvalue weighted by atomic mass is 32.2. The molecule has 1 unspecified atom stereocenters. The van der Waals surface area contributed by atoms with Crippen molar-refractivity contribution in [2.75, 3.05) is 25.1 Å². The Labute approximate surface area is 117 Å². The number of likely N-dealkylation sites (N-methyl/N-ethyl adjacent to an activating group) is 1. The van der Waals surface area contributed by atoms with Crippen LogP contribution in [0.25, 0.3) is 0 Å². The van der Waals surface area contributed by atoms with E-state index in [0.717, 1.165) is 23.6 Å². The first-order valence-corrected chi connectivity index (χ1v) is 7.41. The molecule has 1 aromatic rings. The van der Waals surface area contributed by atoms with Crippen LogP contribution in [0, 0.1) is 11.3 Å². The molecule has 2 rings (SSSR count). The molecule has 1 aliphatic heterocycles. The molecular formula is C14H17N3OS. The average Bonchev–Trinajstić information content (AvgIpc) is 2.47. The highest BCUT2D eigenvalue weighted by molar-refractivity contribution is 7.99. The third-order valence-corrected chi connectivity index (χ3v) is 4.13. The Morgan fingerprint density at radius 2 is 2.47 bits per heavy atom. The molecule has 1 heterocycles. The van der Waals surface area contributed by atoms with Crippen LogP contribution >= 0.6 is 11.8 Å². The van der Waals surface area contributed by atoms with Gasteiger partial charge in [0.15, 0.2) is 0 Å². The van der Waals surface area contributed by atoms with Crippen molar-refractivity contribution in [1.82, 2.24) is 10.2 Å². The van der Waals surface area contributed by atoms with E-state index in [1.807, 2.05) is 37.0 Å². The van der Waals surface area contributed by atoms with Gasteiger partial charge in [0, 0.05) is 31.6 Å². The number of hydrogen-bond donors (Lipinski definition) is 1. The van der Waals surface area contributed by atoms with Crippen LogP contribution in [0.15, 0.2) is 24.3 Å². The molecular weight excluding hydrogens is 258 g/mol. The number of rotatable bonds is 3. The minimum atomic E-state index is -0.0806. The second kappa shape index (κ2) is 6.60. The molecule has 4 nitrogen and oxygen atoms in total. The van der Waals surface area contributed by atoms with Gasteiger partial charge >= 0.3 is 0 Å². The predicted octanol–water partition coefficient (Wildman–Crippen LogP) is 1.22. The topological polar surface area (TPSA) is 56.1 Å². The lowest BCUT2D eigenvalue weighted by Gasteiger charge is -2.27. The second-order valence-electron chi connectivity index (χ2n) is 4.59. The molecule has 1 N–H and O–H groups in total. The van der Waals surface area contributed by atoms with Crippen molar-refractivity contribution in [2.45, 2.75) is 12.6 Å². The van der Waals surface area contributed by atoms with E-state index >= 15 is 0 Å². The van der Waals surface area contributed by atoms with Crippen molar-refractivity contribution in [2.24, 2.45) is 0 Å². The molecule has 1 saturated heterocycles. The lowest BCUT2D eigenvalue weighted by atomic mass is 10.1. The van der Waals surface area contributed by atoms with Crippen molar-refractivity contribution in [3.8, 4) is 6.07 Å². The zero-order chi connectivity index (χ0) is 13.7. The van der Waals surface area contributed by atoms with Crippen LogP contribution < -0.4 is 5.32 Å². The minimum absolute atomic E-state index is 0.0806. The fourth-order valence-electron chi connectivity index (χ4n) is 2.08. The summed E-state index contributed by atoms with van der Waals surface area (Å²) in [5.74, 6) is 2.02. The number of thioether (sulfide) groups is 1. The molecule has 0 saturated carbocycles. The van der Waals surface area contributed by atoms with Gasteiger partial charge in [0.25, 0.3) is 0 Å². The Morgan fingerprint density at radius 3 is 3.16 bits per heavy atom. The SMILES string of the molecule is CN(Cc1cccc(C#N)c1)C(=O)C1CSCCN1. The van der Waals surface area contributed by atoms with Crippen molar-refractivity contribution in [3.05, 3.63) is 35.4 Å². The summed E-state index contributed by atoms with van der Waals surface area (Å²) in [6.45, 7) is 1.43. The van der Waals surface area contributed by atoms with E-state index < -0.39 is 0 Å². The maximum atomic E-state index is 12.2. The molecule has 100 valence electrons. The number of carbonyl (C=O) groups is 1. The Kier molecular flexibility index (Phi) is 4.83. The largest absolute Gasteiger partial charge is 0.340 e. The monoisotopic (exact) mass is 275 g/mol. The molecule has 5 heteroatoms. The zero-order valence-corrected chi connectivity index (χ0v) is 11.7. The summed E-state index contributed by atoms with van der Waals surface area (Å²) in [4.78, 5) is 14.0. The fraction of sp³-hybridized carbons (Fsp3) is 0.429. The molecule has 0 spiro atoms. The third kappa shape index (κ3) is 3.72. The average molecular weight is 275 g/mol. The number of benzene rings is 1. The number of amides is 1. The maximum absolute atomic E-state index is 12.2. The predicted molar refractivity (Wildman–Crippen MR) is 76.7 cm³/mol. The number of carbonyl (C=O) groups excluding carboxylic acids is 1. The Hall–Kier alpha value is -1.51. The van der Waals surface area contributed by atoms with Crippen LogP contribution in [0.4, 0.5) is 0 Å². The normalized spacial score (nSPS) is 18.6. The summed E-state index contributed by atoms with van der Waals surface area (Å²) >= 11 is 1.81. The van der Waals surface area contributed by atoms with Crippen LogP contribution in [0.3, 0.4) is 0 Å². The van der Waals surface area contributed by atoms with E-state index in [2.05, 4.69) is 11.4 Å². The molecule has 0 aliphatic carbocycles. The maximum Gasteiger partial charge on any atom is 0.240 e. The summed E-state index contributed by atoms with van der Waals surface area (Å²) in [5.41, 5.74) is 1.61. The summed E-state index contributed by atoms with van der Waals surface area (Å²) in [6.07, 6.45) is 0. The van der Waals surface area contributed by atoms with Crippen LogP contribution in [0.2, 0.25) is 0 Å². The van der Waals surface area contributed by atoms with Crippen molar-refractivity contribution < 1.29 is 4.79 Å². The lowest BCUT2D eigenvalue weighted by molar-refractivity contribution is -0.132. The Balaban J connectivity index is 1.97. The van der Waals surface area contributed by atoms with Gasteiger partial charge in [-0.3, -0.25) is 4.79 Å². The van der Waals surface area contributed by atoms with Gasteiger partial charge in [0.1, 0.15) is 0 Å². The van der Waals surface area contributed by atoms with E-state index in [9.17, 15) is 4.79 Å². The first-order chi connectivity index (χ1) is 9.20. The molecule has 0 radical (unpaired) electrons.